The minimum atomic E-state index is -0.105. The maximum atomic E-state index is 11.9. The van der Waals surface area contributed by atoms with Crippen molar-refractivity contribution >= 4 is 6.09 Å². The maximum Gasteiger partial charge on any atom is 0.410 e. The fourth-order valence-corrected chi connectivity index (χ4v) is 2.55. The third-order valence-electron chi connectivity index (χ3n) is 3.57. The molecule has 4 nitrogen and oxygen atoms in total. The van der Waals surface area contributed by atoms with Gasteiger partial charge in [-0.1, -0.05) is 13.3 Å². The Morgan fingerprint density at radius 3 is 3.12 bits per heavy atom. The van der Waals surface area contributed by atoms with Crippen LogP contribution < -0.4 is 5.32 Å². The molecule has 1 N–H and O–H groups in total. The quantitative estimate of drug-likeness (QED) is 0.743. The molecule has 0 aliphatic carbocycles. The molecule has 0 saturated carbocycles. The minimum absolute atomic E-state index is 0.105. The van der Waals surface area contributed by atoms with Crippen LogP contribution in [0, 0.1) is 5.92 Å². The molecule has 0 radical (unpaired) electrons. The molecule has 3 rings (SSSR count). The highest BCUT2D eigenvalue weighted by Crippen LogP contribution is 2.24. The first kappa shape index (κ1) is 11.7. The van der Waals surface area contributed by atoms with Crippen LogP contribution in [0.15, 0.2) is 0 Å². The molecule has 4 heteroatoms. The van der Waals surface area contributed by atoms with Gasteiger partial charge in [0.1, 0.15) is 0 Å². The summed E-state index contributed by atoms with van der Waals surface area (Å²) in [6, 6.07) is 0.355. The number of hydrogen-bond donors (Lipinski definition) is 1. The van der Waals surface area contributed by atoms with E-state index in [9.17, 15) is 4.79 Å². The lowest BCUT2D eigenvalue weighted by Crippen LogP contribution is -2.47. The number of unbranched alkanes of at least 4 members (excludes halogenated alkanes) is 1. The number of fused-ring (bicyclic) bond motifs is 4. The molecule has 0 aromatic heterocycles. The highest BCUT2D eigenvalue weighted by molar-refractivity contribution is 5.68. The molecule has 92 valence electrons. The minimum Gasteiger partial charge on any atom is -0.449 e. The number of nitrogens with zero attached hydrogens (tertiary/aromatic N) is 1. The standard InChI is InChI=1S/C12H22N2O2/c1-2-3-6-16-12(15)14-9-10-4-5-11(14)8-13-7-10/h10-11,13H,2-9H2,1H3. The Labute approximate surface area is 97.3 Å². The third kappa shape index (κ3) is 2.67. The molecule has 0 aromatic rings. The summed E-state index contributed by atoms with van der Waals surface area (Å²) in [4.78, 5) is 13.8. The molecule has 0 spiro atoms. The van der Waals surface area contributed by atoms with Crippen molar-refractivity contribution in [1.29, 1.82) is 0 Å². The van der Waals surface area contributed by atoms with Gasteiger partial charge in [-0.25, -0.2) is 4.79 Å². The van der Waals surface area contributed by atoms with E-state index in [1.165, 1.54) is 6.42 Å². The van der Waals surface area contributed by atoms with Gasteiger partial charge in [0, 0.05) is 19.1 Å². The third-order valence-corrected chi connectivity index (χ3v) is 3.57. The van der Waals surface area contributed by atoms with Crippen LogP contribution in [-0.2, 0) is 4.74 Å². The molecule has 2 atom stereocenters. The molecule has 3 heterocycles. The second kappa shape index (κ2) is 5.53. The average molecular weight is 226 g/mol. The van der Waals surface area contributed by atoms with Crippen molar-refractivity contribution in [3.05, 3.63) is 0 Å². The normalized spacial score (nSPS) is 28.9. The number of carbonyl (C=O) groups excluding carboxylic acids is 1. The van der Waals surface area contributed by atoms with Gasteiger partial charge in [-0.05, 0) is 31.7 Å². The molecule has 2 unspecified atom stereocenters. The Morgan fingerprint density at radius 2 is 2.31 bits per heavy atom. The summed E-state index contributed by atoms with van der Waals surface area (Å²) < 4.78 is 5.29. The molecular formula is C12H22N2O2. The van der Waals surface area contributed by atoms with Crippen molar-refractivity contribution in [2.75, 3.05) is 26.2 Å². The molecule has 3 aliphatic rings. The zero-order valence-electron chi connectivity index (χ0n) is 10.1. The summed E-state index contributed by atoms with van der Waals surface area (Å²) in [5, 5.41) is 3.41. The molecule has 3 fully saturated rings. The van der Waals surface area contributed by atoms with E-state index in [-0.39, 0.29) is 6.09 Å². The van der Waals surface area contributed by atoms with Gasteiger partial charge in [-0.15, -0.1) is 0 Å². The summed E-state index contributed by atoms with van der Waals surface area (Å²) in [5.74, 6) is 0.623. The van der Waals surface area contributed by atoms with Crippen molar-refractivity contribution in [3.63, 3.8) is 0 Å². The monoisotopic (exact) mass is 226 g/mol. The Kier molecular flexibility index (Phi) is 4.04. The smallest absolute Gasteiger partial charge is 0.410 e. The van der Waals surface area contributed by atoms with E-state index < -0.39 is 0 Å². The molecule has 2 bridgehead atoms. The maximum absolute atomic E-state index is 11.9. The lowest BCUT2D eigenvalue weighted by atomic mass is 9.95. The van der Waals surface area contributed by atoms with Crippen LogP contribution in [0.25, 0.3) is 0 Å². The van der Waals surface area contributed by atoms with Gasteiger partial charge in [0.15, 0.2) is 0 Å². The lowest BCUT2D eigenvalue weighted by molar-refractivity contribution is 0.0682. The number of carbonyl (C=O) groups is 1. The topological polar surface area (TPSA) is 41.6 Å². The van der Waals surface area contributed by atoms with Crippen LogP contribution in [-0.4, -0.2) is 43.3 Å². The largest absolute Gasteiger partial charge is 0.449 e. The molecule has 3 saturated heterocycles. The van der Waals surface area contributed by atoms with Crippen LogP contribution in [0.1, 0.15) is 32.6 Å². The summed E-state index contributed by atoms with van der Waals surface area (Å²) in [5.41, 5.74) is 0. The van der Waals surface area contributed by atoms with Crippen LogP contribution in [0.4, 0.5) is 4.79 Å². The van der Waals surface area contributed by atoms with E-state index in [0.717, 1.165) is 38.9 Å². The number of amides is 1. The van der Waals surface area contributed by atoms with E-state index in [2.05, 4.69) is 12.2 Å². The van der Waals surface area contributed by atoms with Crippen molar-refractivity contribution in [2.45, 2.75) is 38.6 Å². The Balaban J connectivity index is 1.85. The SMILES string of the molecule is CCCCOC(=O)N1CC2CCC1CNC2. The van der Waals surface area contributed by atoms with Crippen molar-refractivity contribution < 1.29 is 9.53 Å². The first-order valence-corrected chi connectivity index (χ1v) is 6.45. The second-order valence-electron chi connectivity index (χ2n) is 4.88. The number of nitrogens with one attached hydrogen (secondary N) is 1. The number of piperidine rings is 1. The van der Waals surface area contributed by atoms with Gasteiger partial charge >= 0.3 is 6.09 Å². The van der Waals surface area contributed by atoms with E-state index in [0.29, 0.717) is 18.6 Å². The van der Waals surface area contributed by atoms with Gasteiger partial charge in [0.25, 0.3) is 0 Å². The molecule has 3 aliphatic heterocycles. The predicted molar refractivity (Wildman–Crippen MR) is 62.3 cm³/mol. The van der Waals surface area contributed by atoms with Crippen LogP contribution in [0.2, 0.25) is 0 Å². The summed E-state index contributed by atoms with van der Waals surface area (Å²) in [6.45, 7) is 5.53. The molecule has 0 aromatic carbocycles. The Hall–Kier alpha value is -0.770. The molecular weight excluding hydrogens is 204 g/mol. The van der Waals surface area contributed by atoms with E-state index in [1.807, 2.05) is 4.90 Å². The molecule has 1 amide bonds. The van der Waals surface area contributed by atoms with Gasteiger partial charge in [-0.2, -0.15) is 0 Å². The fourth-order valence-electron chi connectivity index (χ4n) is 2.55. The van der Waals surface area contributed by atoms with Crippen molar-refractivity contribution in [3.8, 4) is 0 Å². The lowest BCUT2D eigenvalue weighted by Gasteiger charge is -2.35. The average Bonchev–Trinajstić information content (AvgIpc) is 2.63. The summed E-state index contributed by atoms with van der Waals surface area (Å²) in [7, 11) is 0. The van der Waals surface area contributed by atoms with E-state index in [1.54, 1.807) is 0 Å². The first-order chi connectivity index (χ1) is 7.81. The Morgan fingerprint density at radius 1 is 1.44 bits per heavy atom. The zero-order chi connectivity index (χ0) is 11.4. The van der Waals surface area contributed by atoms with Gasteiger partial charge in [0.2, 0.25) is 0 Å². The zero-order valence-corrected chi connectivity index (χ0v) is 10.1. The second-order valence-corrected chi connectivity index (χ2v) is 4.88. The van der Waals surface area contributed by atoms with Crippen LogP contribution in [0.3, 0.4) is 0 Å². The van der Waals surface area contributed by atoms with E-state index in [4.69, 9.17) is 4.74 Å². The highest BCUT2D eigenvalue weighted by atomic mass is 16.6. The fraction of sp³-hybridized carbons (Fsp3) is 0.917. The number of ether oxygens (including phenoxy) is 1. The van der Waals surface area contributed by atoms with Gasteiger partial charge < -0.3 is 15.0 Å². The van der Waals surface area contributed by atoms with Crippen LogP contribution in [0.5, 0.6) is 0 Å². The Bertz CT molecular complexity index is 241. The van der Waals surface area contributed by atoms with Gasteiger partial charge in [-0.3, -0.25) is 0 Å². The first-order valence-electron chi connectivity index (χ1n) is 6.45. The number of hydrogen-bond acceptors (Lipinski definition) is 3. The predicted octanol–water partition coefficient (Wildman–Crippen LogP) is 1.61. The summed E-state index contributed by atoms with van der Waals surface area (Å²) in [6.07, 6.45) is 4.30. The van der Waals surface area contributed by atoms with Crippen molar-refractivity contribution in [2.24, 2.45) is 5.92 Å². The molecule has 16 heavy (non-hydrogen) atoms. The van der Waals surface area contributed by atoms with Crippen LogP contribution >= 0.6 is 0 Å². The highest BCUT2D eigenvalue weighted by Gasteiger charge is 2.34. The summed E-state index contributed by atoms with van der Waals surface area (Å²) >= 11 is 0. The van der Waals surface area contributed by atoms with E-state index >= 15 is 0 Å². The number of rotatable bonds is 3. The van der Waals surface area contributed by atoms with Crippen molar-refractivity contribution in [1.82, 2.24) is 10.2 Å². The van der Waals surface area contributed by atoms with Gasteiger partial charge in [0.05, 0.1) is 6.61 Å².